The molecule has 0 fully saturated rings. The molecule has 3 aromatic carbocycles. The van der Waals surface area contributed by atoms with E-state index in [2.05, 4.69) is 5.32 Å². The predicted octanol–water partition coefficient (Wildman–Crippen LogP) is 4.18. The molecule has 150 valence electrons. The Morgan fingerprint density at radius 1 is 0.966 bits per heavy atom. The lowest BCUT2D eigenvalue weighted by molar-refractivity contribution is -0.114. The number of methoxy groups -OCH3 is 1. The van der Waals surface area contributed by atoms with Crippen LogP contribution in [0.3, 0.4) is 0 Å². The highest BCUT2D eigenvalue weighted by Crippen LogP contribution is 2.30. The van der Waals surface area contributed by atoms with Gasteiger partial charge in [0.15, 0.2) is 0 Å². The van der Waals surface area contributed by atoms with Gasteiger partial charge in [0, 0.05) is 0 Å². The number of ether oxygens (including phenoxy) is 1. The van der Waals surface area contributed by atoms with Gasteiger partial charge in [0.1, 0.15) is 12.3 Å². The molecular weight excluding hydrogens is 412 g/mol. The summed E-state index contributed by atoms with van der Waals surface area (Å²) in [4.78, 5) is 12.8. The first-order chi connectivity index (χ1) is 13.9. The molecule has 0 atom stereocenters. The van der Waals surface area contributed by atoms with E-state index < -0.39 is 22.5 Å². The Morgan fingerprint density at radius 2 is 1.59 bits per heavy atom. The van der Waals surface area contributed by atoms with Crippen LogP contribution in [0.2, 0.25) is 5.02 Å². The fourth-order valence-electron chi connectivity index (χ4n) is 2.74. The van der Waals surface area contributed by atoms with Gasteiger partial charge in [0.05, 0.1) is 28.4 Å². The fraction of sp³-hybridized carbons (Fsp3) is 0.0952. The van der Waals surface area contributed by atoms with Crippen molar-refractivity contribution in [3.63, 3.8) is 0 Å². The van der Waals surface area contributed by atoms with Crippen molar-refractivity contribution in [2.45, 2.75) is 4.90 Å². The Kier molecular flexibility index (Phi) is 6.41. The molecule has 0 aliphatic carbocycles. The van der Waals surface area contributed by atoms with Crippen molar-refractivity contribution in [1.82, 2.24) is 0 Å². The summed E-state index contributed by atoms with van der Waals surface area (Å²) in [5.41, 5.74) is 0.657. The smallest absolute Gasteiger partial charge is 0.264 e. The third kappa shape index (κ3) is 4.70. The first-order valence-electron chi connectivity index (χ1n) is 8.68. The molecule has 0 heterocycles. The van der Waals surface area contributed by atoms with Crippen LogP contribution in [0.5, 0.6) is 5.75 Å². The van der Waals surface area contributed by atoms with Gasteiger partial charge in [-0.2, -0.15) is 0 Å². The van der Waals surface area contributed by atoms with Gasteiger partial charge in [-0.05, 0) is 36.4 Å². The van der Waals surface area contributed by atoms with Gasteiger partial charge < -0.3 is 10.1 Å². The quantitative estimate of drug-likeness (QED) is 0.610. The maximum Gasteiger partial charge on any atom is 0.264 e. The highest BCUT2D eigenvalue weighted by molar-refractivity contribution is 7.92. The Bertz CT molecular complexity index is 1100. The second-order valence-corrected chi connectivity index (χ2v) is 8.29. The molecule has 0 aromatic heterocycles. The molecule has 0 radical (unpaired) electrons. The first-order valence-corrected chi connectivity index (χ1v) is 10.5. The van der Waals surface area contributed by atoms with Crippen LogP contribution in [-0.4, -0.2) is 28.0 Å². The summed E-state index contributed by atoms with van der Waals surface area (Å²) >= 11 is 6.25. The molecule has 0 spiro atoms. The SMILES string of the molecule is COc1ccccc1NC(=O)CN(c1ccccc1Cl)S(=O)(=O)c1ccccc1. The number of carbonyl (C=O) groups excluding carboxylic acids is 1. The number of hydrogen-bond acceptors (Lipinski definition) is 4. The summed E-state index contributed by atoms with van der Waals surface area (Å²) in [7, 11) is -2.54. The molecular formula is C21H19ClN2O4S. The van der Waals surface area contributed by atoms with Crippen molar-refractivity contribution in [2.24, 2.45) is 0 Å². The second kappa shape index (κ2) is 8.98. The molecule has 1 N–H and O–H groups in total. The zero-order chi connectivity index (χ0) is 20.9. The number of carbonyl (C=O) groups is 1. The average Bonchev–Trinajstić information content (AvgIpc) is 2.73. The molecule has 3 rings (SSSR count). The lowest BCUT2D eigenvalue weighted by Gasteiger charge is -2.25. The number of sulfonamides is 1. The van der Waals surface area contributed by atoms with Crippen molar-refractivity contribution in [2.75, 3.05) is 23.3 Å². The van der Waals surface area contributed by atoms with Gasteiger partial charge in [0.25, 0.3) is 10.0 Å². The van der Waals surface area contributed by atoms with Crippen LogP contribution in [0, 0.1) is 0 Å². The summed E-state index contributed by atoms with van der Waals surface area (Å²) in [5, 5.41) is 2.91. The number of anilines is 2. The number of nitrogens with one attached hydrogen (secondary N) is 1. The summed E-state index contributed by atoms with van der Waals surface area (Å²) in [6.07, 6.45) is 0. The van der Waals surface area contributed by atoms with E-state index in [-0.39, 0.29) is 15.6 Å². The molecule has 0 aliphatic rings. The van der Waals surface area contributed by atoms with Gasteiger partial charge in [-0.3, -0.25) is 9.10 Å². The number of amides is 1. The maximum atomic E-state index is 13.3. The second-order valence-electron chi connectivity index (χ2n) is 6.02. The van der Waals surface area contributed by atoms with Gasteiger partial charge in [-0.15, -0.1) is 0 Å². The van der Waals surface area contributed by atoms with Crippen LogP contribution in [-0.2, 0) is 14.8 Å². The third-order valence-electron chi connectivity index (χ3n) is 4.12. The lowest BCUT2D eigenvalue weighted by atomic mass is 10.3. The van der Waals surface area contributed by atoms with Crippen LogP contribution < -0.4 is 14.4 Å². The zero-order valence-electron chi connectivity index (χ0n) is 15.6. The number of halogens is 1. The van der Waals surface area contributed by atoms with E-state index in [9.17, 15) is 13.2 Å². The Hall–Kier alpha value is -3.03. The van der Waals surface area contributed by atoms with Crippen molar-refractivity contribution >= 4 is 38.9 Å². The standard InChI is InChI=1S/C21H19ClN2O4S/c1-28-20-14-8-6-12-18(20)23-21(25)15-24(19-13-7-5-11-17(19)22)29(26,27)16-9-3-2-4-10-16/h2-14H,15H2,1H3,(H,23,25). The molecule has 0 unspecified atom stereocenters. The minimum absolute atomic E-state index is 0.0602. The monoisotopic (exact) mass is 430 g/mol. The zero-order valence-corrected chi connectivity index (χ0v) is 17.2. The van der Waals surface area contributed by atoms with E-state index in [1.54, 1.807) is 66.7 Å². The summed E-state index contributed by atoms with van der Waals surface area (Å²) < 4.78 is 32.7. The Balaban J connectivity index is 1.96. The van der Waals surface area contributed by atoms with E-state index in [4.69, 9.17) is 16.3 Å². The third-order valence-corrected chi connectivity index (χ3v) is 6.21. The lowest BCUT2D eigenvalue weighted by Crippen LogP contribution is -2.38. The van der Waals surface area contributed by atoms with Crippen LogP contribution >= 0.6 is 11.6 Å². The predicted molar refractivity (Wildman–Crippen MR) is 114 cm³/mol. The number of nitrogens with zero attached hydrogens (tertiary/aromatic N) is 1. The largest absolute Gasteiger partial charge is 0.495 e. The Labute approximate surface area is 174 Å². The molecule has 0 saturated heterocycles. The molecule has 1 amide bonds. The molecule has 29 heavy (non-hydrogen) atoms. The van der Waals surface area contributed by atoms with Crippen LogP contribution in [0.25, 0.3) is 0 Å². The highest BCUT2D eigenvalue weighted by Gasteiger charge is 2.28. The number of benzene rings is 3. The van der Waals surface area contributed by atoms with E-state index in [1.165, 1.54) is 19.2 Å². The van der Waals surface area contributed by atoms with E-state index in [1.807, 2.05) is 0 Å². The van der Waals surface area contributed by atoms with Gasteiger partial charge in [-0.1, -0.05) is 54.1 Å². The molecule has 0 aliphatic heterocycles. The molecule has 0 bridgehead atoms. The van der Waals surface area contributed by atoms with Crippen LogP contribution in [0.15, 0.2) is 83.8 Å². The average molecular weight is 431 g/mol. The number of hydrogen-bond donors (Lipinski definition) is 1. The number of para-hydroxylation sites is 3. The van der Waals surface area contributed by atoms with Gasteiger partial charge in [0.2, 0.25) is 5.91 Å². The van der Waals surface area contributed by atoms with Gasteiger partial charge in [-0.25, -0.2) is 8.42 Å². The summed E-state index contributed by atoms with van der Waals surface area (Å²) in [6, 6.07) is 21.2. The van der Waals surface area contributed by atoms with Crippen molar-refractivity contribution < 1.29 is 17.9 Å². The molecule has 6 nitrogen and oxygen atoms in total. The minimum Gasteiger partial charge on any atom is -0.495 e. The van der Waals surface area contributed by atoms with E-state index >= 15 is 0 Å². The van der Waals surface area contributed by atoms with Crippen molar-refractivity contribution in [1.29, 1.82) is 0 Å². The van der Waals surface area contributed by atoms with Crippen molar-refractivity contribution in [3.8, 4) is 5.75 Å². The van der Waals surface area contributed by atoms with Gasteiger partial charge >= 0.3 is 0 Å². The maximum absolute atomic E-state index is 13.3. The molecule has 0 saturated carbocycles. The highest BCUT2D eigenvalue weighted by atomic mass is 35.5. The summed E-state index contributed by atoms with van der Waals surface area (Å²) in [6.45, 7) is -0.459. The fourth-order valence-corrected chi connectivity index (χ4v) is 4.49. The topological polar surface area (TPSA) is 75.7 Å². The molecule has 3 aromatic rings. The van der Waals surface area contributed by atoms with E-state index in [0.717, 1.165) is 4.31 Å². The Morgan fingerprint density at radius 3 is 2.28 bits per heavy atom. The number of rotatable bonds is 7. The van der Waals surface area contributed by atoms with E-state index in [0.29, 0.717) is 11.4 Å². The minimum atomic E-state index is -4.02. The van der Waals surface area contributed by atoms with Crippen molar-refractivity contribution in [3.05, 3.63) is 83.9 Å². The first kappa shape index (κ1) is 20.7. The normalized spacial score (nSPS) is 11.0. The molecule has 8 heteroatoms. The van der Waals surface area contributed by atoms with Crippen LogP contribution in [0.1, 0.15) is 0 Å². The van der Waals surface area contributed by atoms with Crippen LogP contribution in [0.4, 0.5) is 11.4 Å². The summed E-state index contributed by atoms with van der Waals surface area (Å²) in [5.74, 6) is -0.0648.